The van der Waals surface area contributed by atoms with E-state index in [9.17, 15) is 9.59 Å². The van der Waals surface area contributed by atoms with Gasteiger partial charge in [-0.3, -0.25) is 14.6 Å². The molecule has 2 saturated heterocycles. The standard InChI is InChI=1S/C30H31N3O7S/c1-37-26-18-21(8-10-24(26)39-20-23-9-11-25(40-23)29(35)36)19-27-28(34)33(13-5-12-32-14-16-38-17-15-32)30(41-27)31-22-6-3-2-4-7-22/h2-4,6-11,18-19H,5,12-17,20H2,1H3,(H,35,36)/b27-19-,31-30?. The Morgan fingerprint density at radius 1 is 1.07 bits per heavy atom. The minimum Gasteiger partial charge on any atom is -0.493 e. The van der Waals surface area contributed by atoms with E-state index >= 15 is 0 Å². The number of carboxylic acids is 1. The number of benzene rings is 2. The highest BCUT2D eigenvalue weighted by Crippen LogP contribution is 2.36. The van der Waals surface area contributed by atoms with Crippen LogP contribution < -0.4 is 9.47 Å². The number of hydrogen-bond donors (Lipinski definition) is 1. The molecular formula is C30H31N3O7S. The maximum Gasteiger partial charge on any atom is 0.371 e. The number of furan rings is 1. The van der Waals surface area contributed by atoms with Crippen LogP contribution in [0.5, 0.6) is 11.5 Å². The lowest BCUT2D eigenvalue weighted by Crippen LogP contribution is -2.38. The van der Waals surface area contributed by atoms with Gasteiger partial charge in [-0.25, -0.2) is 9.79 Å². The third-order valence-electron chi connectivity index (χ3n) is 6.56. The van der Waals surface area contributed by atoms with Crippen molar-refractivity contribution in [1.82, 2.24) is 9.80 Å². The summed E-state index contributed by atoms with van der Waals surface area (Å²) in [4.78, 5) is 34.0. The molecule has 0 radical (unpaired) electrons. The zero-order valence-electron chi connectivity index (χ0n) is 22.7. The van der Waals surface area contributed by atoms with Gasteiger partial charge in [-0.1, -0.05) is 24.3 Å². The first-order chi connectivity index (χ1) is 20.0. The molecule has 5 rings (SSSR count). The van der Waals surface area contributed by atoms with Gasteiger partial charge in [0, 0.05) is 26.2 Å². The van der Waals surface area contributed by atoms with E-state index in [1.54, 1.807) is 23.1 Å². The van der Waals surface area contributed by atoms with Crippen LogP contribution in [-0.4, -0.2) is 78.5 Å². The van der Waals surface area contributed by atoms with E-state index in [0.29, 0.717) is 33.9 Å². The average molecular weight is 578 g/mol. The Kier molecular flexibility index (Phi) is 9.40. The molecule has 3 aromatic rings. The van der Waals surface area contributed by atoms with Gasteiger partial charge in [0.15, 0.2) is 16.7 Å². The summed E-state index contributed by atoms with van der Waals surface area (Å²) in [6.45, 7) is 4.80. The summed E-state index contributed by atoms with van der Waals surface area (Å²) < 4.78 is 22.0. The SMILES string of the molecule is COc1cc(/C=C2\SC(=Nc3ccccc3)N(CCCN3CCOCC3)C2=O)ccc1OCc1ccc(C(=O)O)o1. The van der Waals surface area contributed by atoms with E-state index < -0.39 is 5.97 Å². The molecule has 0 aliphatic carbocycles. The van der Waals surface area contributed by atoms with Crippen LogP contribution in [-0.2, 0) is 16.1 Å². The van der Waals surface area contributed by atoms with Crippen LogP contribution in [0.25, 0.3) is 6.08 Å². The zero-order valence-corrected chi connectivity index (χ0v) is 23.5. The molecule has 0 atom stereocenters. The predicted octanol–water partition coefficient (Wildman–Crippen LogP) is 4.89. The van der Waals surface area contributed by atoms with Crippen molar-refractivity contribution in [3.05, 3.63) is 82.7 Å². The maximum absolute atomic E-state index is 13.5. The van der Waals surface area contributed by atoms with Crippen molar-refractivity contribution in [3.8, 4) is 11.5 Å². The van der Waals surface area contributed by atoms with Crippen LogP contribution in [0.3, 0.4) is 0 Å². The smallest absolute Gasteiger partial charge is 0.371 e. The fraction of sp³-hybridized carbons (Fsp3) is 0.300. The van der Waals surface area contributed by atoms with Crippen molar-refractivity contribution in [1.29, 1.82) is 0 Å². The largest absolute Gasteiger partial charge is 0.493 e. The number of aromatic carboxylic acids is 1. The van der Waals surface area contributed by atoms with Gasteiger partial charge in [-0.05, 0) is 66.2 Å². The van der Waals surface area contributed by atoms with Gasteiger partial charge in [0.1, 0.15) is 12.4 Å². The highest BCUT2D eigenvalue weighted by molar-refractivity contribution is 8.18. The van der Waals surface area contributed by atoms with Crippen molar-refractivity contribution in [3.63, 3.8) is 0 Å². The van der Waals surface area contributed by atoms with Crippen LogP contribution in [0.4, 0.5) is 5.69 Å². The van der Waals surface area contributed by atoms with Crippen LogP contribution in [0, 0.1) is 0 Å². The number of para-hydroxylation sites is 1. The van der Waals surface area contributed by atoms with Crippen molar-refractivity contribution < 1.29 is 33.3 Å². The highest BCUT2D eigenvalue weighted by Gasteiger charge is 2.33. The lowest BCUT2D eigenvalue weighted by atomic mass is 10.2. The minimum absolute atomic E-state index is 0.0388. The Morgan fingerprint density at radius 3 is 2.61 bits per heavy atom. The van der Waals surface area contributed by atoms with E-state index in [2.05, 4.69) is 4.90 Å². The minimum atomic E-state index is -1.14. The normalized spacial score (nSPS) is 17.9. The fourth-order valence-electron chi connectivity index (χ4n) is 4.44. The second-order valence-electron chi connectivity index (χ2n) is 9.38. The molecule has 2 aliphatic rings. The van der Waals surface area contributed by atoms with E-state index in [0.717, 1.165) is 50.5 Å². The number of amides is 1. The number of aliphatic imine (C=N–C) groups is 1. The Bertz CT molecular complexity index is 1430. The first-order valence-corrected chi connectivity index (χ1v) is 14.1. The van der Waals surface area contributed by atoms with Crippen LogP contribution in [0.15, 0.2) is 75.0 Å². The molecule has 1 aromatic heterocycles. The summed E-state index contributed by atoms with van der Waals surface area (Å²) in [5.41, 5.74) is 1.56. The third-order valence-corrected chi connectivity index (χ3v) is 7.56. The molecule has 1 amide bonds. The van der Waals surface area contributed by atoms with Gasteiger partial charge in [-0.2, -0.15) is 0 Å². The summed E-state index contributed by atoms with van der Waals surface area (Å²) in [5.74, 6) is -0.0648. The molecule has 0 spiro atoms. The number of carbonyl (C=O) groups is 2. The van der Waals surface area contributed by atoms with Gasteiger partial charge >= 0.3 is 5.97 Å². The third kappa shape index (κ3) is 7.37. The van der Waals surface area contributed by atoms with Gasteiger partial charge in [0.2, 0.25) is 5.76 Å². The molecule has 11 heteroatoms. The van der Waals surface area contributed by atoms with Gasteiger partial charge < -0.3 is 23.7 Å². The predicted molar refractivity (Wildman–Crippen MR) is 156 cm³/mol. The zero-order chi connectivity index (χ0) is 28.6. The van der Waals surface area contributed by atoms with E-state index in [-0.39, 0.29) is 18.3 Å². The number of ether oxygens (including phenoxy) is 3. The molecule has 0 unspecified atom stereocenters. The van der Waals surface area contributed by atoms with Crippen molar-refractivity contribution >= 4 is 40.6 Å². The number of carboxylic acid groups (broad SMARTS) is 1. The quantitative estimate of drug-likeness (QED) is 0.318. The first-order valence-electron chi connectivity index (χ1n) is 13.3. The summed E-state index contributed by atoms with van der Waals surface area (Å²) in [5, 5.41) is 9.69. The van der Waals surface area contributed by atoms with E-state index in [1.807, 2.05) is 42.5 Å². The maximum atomic E-state index is 13.5. The first kappa shape index (κ1) is 28.5. The van der Waals surface area contributed by atoms with Crippen molar-refractivity contribution in [2.75, 3.05) is 46.5 Å². The Morgan fingerprint density at radius 2 is 1.88 bits per heavy atom. The summed E-state index contributed by atoms with van der Waals surface area (Å²) >= 11 is 1.35. The molecule has 2 fully saturated rings. The molecule has 2 aromatic carbocycles. The summed E-state index contributed by atoms with van der Waals surface area (Å²) in [7, 11) is 1.53. The number of morpholine rings is 1. The second-order valence-corrected chi connectivity index (χ2v) is 10.4. The highest BCUT2D eigenvalue weighted by atomic mass is 32.2. The van der Waals surface area contributed by atoms with Gasteiger partial charge in [-0.15, -0.1) is 0 Å². The molecule has 2 aliphatic heterocycles. The Labute approximate surface area is 242 Å². The van der Waals surface area contributed by atoms with E-state index in [4.69, 9.17) is 28.7 Å². The average Bonchev–Trinajstić information content (AvgIpc) is 3.58. The molecule has 3 heterocycles. The lowest BCUT2D eigenvalue weighted by molar-refractivity contribution is -0.122. The number of rotatable bonds is 11. The molecular weight excluding hydrogens is 546 g/mol. The monoisotopic (exact) mass is 577 g/mol. The fourth-order valence-corrected chi connectivity index (χ4v) is 5.47. The number of hydrogen-bond acceptors (Lipinski definition) is 9. The molecule has 10 nitrogen and oxygen atoms in total. The van der Waals surface area contributed by atoms with Gasteiger partial charge in [0.25, 0.3) is 5.91 Å². The Hall–Kier alpha value is -4.06. The van der Waals surface area contributed by atoms with Gasteiger partial charge in [0.05, 0.1) is 30.9 Å². The van der Waals surface area contributed by atoms with Crippen molar-refractivity contribution in [2.45, 2.75) is 13.0 Å². The summed E-state index contributed by atoms with van der Waals surface area (Å²) in [6, 6.07) is 17.9. The number of methoxy groups -OCH3 is 1. The van der Waals surface area contributed by atoms with Crippen molar-refractivity contribution in [2.24, 2.45) is 4.99 Å². The molecule has 41 heavy (non-hydrogen) atoms. The molecule has 0 saturated carbocycles. The molecule has 214 valence electrons. The number of amidine groups is 1. The molecule has 0 bridgehead atoms. The number of carbonyl (C=O) groups excluding carboxylic acids is 1. The number of thioether (sulfide) groups is 1. The molecule has 1 N–H and O–H groups in total. The Balaban J connectivity index is 1.31. The lowest BCUT2D eigenvalue weighted by Gasteiger charge is -2.27. The number of nitrogens with zero attached hydrogens (tertiary/aromatic N) is 3. The summed E-state index contributed by atoms with van der Waals surface area (Å²) in [6.07, 6.45) is 2.66. The second kappa shape index (κ2) is 13.5. The van der Waals surface area contributed by atoms with Crippen LogP contribution in [0.1, 0.15) is 28.3 Å². The topological polar surface area (TPSA) is 114 Å². The van der Waals surface area contributed by atoms with Crippen LogP contribution >= 0.6 is 11.8 Å². The van der Waals surface area contributed by atoms with E-state index in [1.165, 1.54) is 24.9 Å². The van der Waals surface area contributed by atoms with Crippen LogP contribution in [0.2, 0.25) is 0 Å².